The van der Waals surface area contributed by atoms with E-state index in [0.717, 1.165) is 55.6 Å². The Morgan fingerprint density at radius 2 is 1.88 bits per heavy atom. The van der Waals surface area contributed by atoms with Gasteiger partial charge in [-0.25, -0.2) is 9.97 Å². The molecule has 8 nitrogen and oxygen atoms in total. The maximum atomic E-state index is 9.37. The molecule has 2 saturated heterocycles. The van der Waals surface area contributed by atoms with Gasteiger partial charge in [-0.2, -0.15) is 10.2 Å². The first-order valence-electron chi connectivity index (χ1n) is 11.5. The lowest BCUT2D eigenvalue weighted by molar-refractivity contribution is 0.122. The molecule has 5 rings (SSSR count). The topological polar surface area (TPSA) is 81.4 Å². The van der Waals surface area contributed by atoms with E-state index < -0.39 is 0 Å². The normalized spacial score (nSPS) is 18.6. The van der Waals surface area contributed by atoms with Crippen molar-refractivity contribution in [2.75, 3.05) is 60.6 Å². The molecule has 0 amide bonds. The molecule has 9 heteroatoms. The molecule has 0 radical (unpaired) electrons. The monoisotopic (exact) mass is 475 g/mol. The molecule has 1 aromatic carbocycles. The number of anilines is 3. The largest absolute Gasteiger partial charge is 0.378 e. The lowest BCUT2D eigenvalue weighted by Crippen LogP contribution is -2.53. The van der Waals surface area contributed by atoms with E-state index in [-0.39, 0.29) is 6.04 Å². The van der Waals surface area contributed by atoms with E-state index in [4.69, 9.17) is 26.3 Å². The van der Waals surface area contributed by atoms with E-state index in [1.54, 1.807) is 12.3 Å². The predicted octanol–water partition coefficient (Wildman–Crippen LogP) is 3.62. The zero-order valence-electron chi connectivity index (χ0n) is 19.1. The number of pyridine rings is 1. The highest BCUT2D eigenvalue weighted by molar-refractivity contribution is 6.32. The van der Waals surface area contributed by atoms with E-state index in [9.17, 15) is 5.26 Å². The first-order valence-corrected chi connectivity index (χ1v) is 11.8. The SMILES string of the molecule is C[C@@H]1CN(c2ncccc2Cl)CCN1c1cc(-c2cccc(C#N)c2)nc(N2CCOCC2)n1. The molecule has 0 saturated carbocycles. The van der Waals surface area contributed by atoms with Crippen molar-refractivity contribution in [1.29, 1.82) is 5.26 Å². The summed E-state index contributed by atoms with van der Waals surface area (Å²) in [7, 11) is 0. The Morgan fingerprint density at radius 1 is 1.03 bits per heavy atom. The molecule has 0 spiro atoms. The van der Waals surface area contributed by atoms with E-state index in [2.05, 4.69) is 32.7 Å². The summed E-state index contributed by atoms with van der Waals surface area (Å²) < 4.78 is 5.53. The minimum absolute atomic E-state index is 0.192. The number of hydrogen-bond donors (Lipinski definition) is 0. The molecular weight excluding hydrogens is 450 g/mol. The molecule has 0 aliphatic carbocycles. The summed E-state index contributed by atoms with van der Waals surface area (Å²) in [6, 6.07) is 15.7. The van der Waals surface area contributed by atoms with Crippen LogP contribution < -0.4 is 14.7 Å². The number of aromatic nitrogens is 3. The Kier molecular flexibility index (Phi) is 6.48. The fourth-order valence-corrected chi connectivity index (χ4v) is 4.71. The molecule has 3 aromatic rings. The predicted molar refractivity (Wildman–Crippen MR) is 133 cm³/mol. The van der Waals surface area contributed by atoms with Gasteiger partial charge in [0.15, 0.2) is 0 Å². The zero-order valence-corrected chi connectivity index (χ0v) is 19.8. The number of nitriles is 1. The Hall–Kier alpha value is -3.41. The van der Waals surface area contributed by atoms with E-state index >= 15 is 0 Å². The Balaban J connectivity index is 1.48. The number of nitrogens with zero attached hydrogens (tertiary/aromatic N) is 7. The van der Waals surface area contributed by atoms with Crippen LogP contribution in [0.2, 0.25) is 5.02 Å². The number of hydrogen-bond acceptors (Lipinski definition) is 8. The van der Waals surface area contributed by atoms with Crippen LogP contribution >= 0.6 is 11.6 Å². The van der Waals surface area contributed by atoms with Crippen LogP contribution in [0.1, 0.15) is 12.5 Å². The molecule has 2 aromatic heterocycles. The molecule has 2 fully saturated rings. The average Bonchev–Trinajstić information content (AvgIpc) is 2.89. The minimum Gasteiger partial charge on any atom is -0.378 e. The van der Waals surface area contributed by atoms with Gasteiger partial charge in [0.05, 0.1) is 35.6 Å². The molecule has 2 aliphatic rings. The van der Waals surface area contributed by atoms with Crippen molar-refractivity contribution in [2.45, 2.75) is 13.0 Å². The number of halogens is 1. The van der Waals surface area contributed by atoms with Crippen LogP contribution in [0.15, 0.2) is 48.7 Å². The van der Waals surface area contributed by atoms with Crippen LogP contribution in [0.25, 0.3) is 11.3 Å². The summed E-state index contributed by atoms with van der Waals surface area (Å²) >= 11 is 6.40. The Labute approximate surface area is 204 Å². The van der Waals surface area contributed by atoms with Crippen LogP contribution in [0.4, 0.5) is 17.6 Å². The number of benzene rings is 1. The van der Waals surface area contributed by atoms with Crippen molar-refractivity contribution < 1.29 is 4.74 Å². The second kappa shape index (κ2) is 9.84. The van der Waals surface area contributed by atoms with Gasteiger partial charge in [0.25, 0.3) is 0 Å². The van der Waals surface area contributed by atoms with E-state index in [0.29, 0.717) is 29.7 Å². The summed E-state index contributed by atoms with van der Waals surface area (Å²) in [5.74, 6) is 2.40. The van der Waals surface area contributed by atoms with Crippen LogP contribution in [0.3, 0.4) is 0 Å². The number of ether oxygens (including phenoxy) is 1. The molecule has 0 unspecified atom stereocenters. The molecule has 2 aliphatic heterocycles. The zero-order chi connectivity index (χ0) is 23.5. The summed E-state index contributed by atoms with van der Waals surface area (Å²) in [5, 5.41) is 10.0. The Morgan fingerprint density at radius 3 is 2.65 bits per heavy atom. The highest BCUT2D eigenvalue weighted by Crippen LogP contribution is 2.30. The van der Waals surface area contributed by atoms with Crippen LogP contribution in [0, 0.1) is 11.3 Å². The van der Waals surface area contributed by atoms with Crippen LogP contribution in [0.5, 0.6) is 0 Å². The lowest BCUT2D eigenvalue weighted by Gasteiger charge is -2.41. The maximum Gasteiger partial charge on any atom is 0.228 e. The van der Waals surface area contributed by atoms with Crippen molar-refractivity contribution in [1.82, 2.24) is 15.0 Å². The highest BCUT2D eigenvalue weighted by atomic mass is 35.5. The third-order valence-electron chi connectivity index (χ3n) is 6.24. The first kappa shape index (κ1) is 22.4. The third-order valence-corrected chi connectivity index (χ3v) is 6.54. The van der Waals surface area contributed by atoms with E-state index in [1.807, 2.05) is 36.4 Å². The molecule has 174 valence electrons. The second-order valence-electron chi connectivity index (χ2n) is 8.50. The van der Waals surface area contributed by atoms with Crippen molar-refractivity contribution in [3.05, 3.63) is 59.2 Å². The number of piperazine rings is 1. The average molecular weight is 476 g/mol. The van der Waals surface area contributed by atoms with Crippen LogP contribution in [-0.2, 0) is 4.74 Å². The molecule has 0 N–H and O–H groups in total. The third kappa shape index (κ3) is 4.63. The highest BCUT2D eigenvalue weighted by Gasteiger charge is 2.28. The second-order valence-corrected chi connectivity index (χ2v) is 8.91. The van der Waals surface area contributed by atoms with Crippen molar-refractivity contribution >= 4 is 29.2 Å². The van der Waals surface area contributed by atoms with Gasteiger partial charge < -0.3 is 19.4 Å². The standard InChI is InChI=1S/C25H26ClN7O/c1-18-17-32(24-21(26)6-3-7-28-24)8-9-33(18)23-15-22(20-5-2-4-19(14-20)16-27)29-25(30-23)31-10-12-34-13-11-31/h2-7,14-15,18H,8-13,17H2,1H3/t18-/m1/s1. The fraction of sp³-hybridized carbons (Fsp3) is 0.360. The quantitative estimate of drug-likeness (QED) is 0.566. The molecule has 1 atom stereocenters. The van der Waals surface area contributed by atoms with Gasteiger partial charge in [-0.05, 0) is 31.2 Å². The smallest absolute Gasteiger partial charge is 0.228 e. The van der Waals surface area contributed by atoms with Crippen molar-refractivity contribution in [3.63, 3.8) is 0 Å². The van der Waals surface area contributed by atoms with Gasteiger partial charge in [-0.3, -0.25) is 0 Å². The summed E-state index contributed by atoms with van der Waals surface area (Å²) in [6.07, 6.45) is 1.78. The maximum absolute atomic E-state index is 9.37. The summed E-state index contributed by atoms with van der Waals surface area (Å²) in [4.78, 5) is 21.1. The van der Waals surface area contributed by atoms with Gasteiger partial charge in [0, 0.05) is 56.6 Å². The number of morpholine rings is 1. The van der Waals surface area contributed by atoms with Gasteiger partial charge in [-0.1, -0.05) is 23.7 Å². The molecule has 4 heterocycles. The summed E-state index contributed by atoms with van der Waals surface area (Å²) in [6.45, 7) is 7.37. The molecule has 34 heavy (non-hydrogen) atoms. The lowest BCUT2D eigenvalue weighted by atomic mass is 10.1. The van der Waals surface area contributed by atoms with Gasteiger partial charge in [0.2, 0.25) is 5.95 Å². The number of rotatable bonds is 4. The van der Waals surface area contributed by atoms with Gasteiger partial charge >= 0.3 is 0 Å². The first-order chi connectivity index (χ1) is 16.6. The van der Waals surface area contributed by atoms with E-state index in [1.165, 1.54) is 0 Å². The van der Waals surface area contributed by atoms with Crippen LogP contribution in [-0.4, -0.2) is 66.9 Å². The molecular formula is C25H26ClN7O. The minimum atomic E-state index is 0.192. The van der Waals surface area contributed by atoms with Crippen molar-refractivity contribution in [3.8, 4) is 17.3 Å². The fourth-order valence-electron chi connectivity index (χ4n) is 4.47. The van der Waals surface area contributed by atoms with Gasteiger partial charge in [0.1, 0.15) is 11.6 Å². The molecule has 0 bridgehead atoms. The Bertz CT molecular complexity index is 1210. The summed E-state index contributed by atoms with van der Waals surface area (Å²) in [5.41, 5.74) is 2.33. The van der Waals surface area contributed by atoms with Gasteiger partial charge in [-0.15, -0.1) is 0 Å². The van der Waals surface area contributed by atoms with Crippen molar-refractivity contribution in [2.24, 2.45) is 0 Å².